The van der Waals surface area contributed by atoms with Gasteiger partial charge in [0.05, 0.1) is 21.5 Å². The van der Waals surface area contributed by atoms with Gasteiger partial charge in [0.1, 0.15) is 18.2 Å². The molecule has 47 heavy (non-hydrogen) atoms. The molecule has 0 aromatic heterocycles. The Labute approximate surface area is 275 Å². The third-order valence-corrected chi connectivity index (χ3v) is 9.66. The number of nitrogens with zero attached hydrogens (tertiary/aromatic N) is 1. The van der Waals surface area contributed by atoms with Crippen molar-refractivity contribution in [2.75, 3.05) is 13.1 Å². The first-order valence-corrected chi connectivity index (χ1v) is 16.7. The molecule has 0 heterocycles. The molecule has 1 amide bonds. The molecule has 0 aliphatic heterocycles. The number of hydrogen-bond acceptors (Lipinski definition) is 6. The number of aliphatic hydroxyl groups excluding tert-OH is 1. The minimum atomic E-state index is -3.98. The normalized spacial score (nSPS) is 12.2. The van der Waals surface area contributed by atoms with Crippen LogP contribution in [0, 0.1) is 12.7 Å². The fourth-order valence-electron chi connectivity index (χ4n) is 5.40. The van der Waals surface area contributed by atoms with Crippen LogP contribution < -0.4 is 10.5 Å². The van der Waals surface area contributed by atoms with E-state index in [1.165, 1.54) is 24.3 Å². The topological polar surface area (TPSA) is 110 Å². The molecule has 0 aliphatic rings. The number of hydrogen-bond donors (Lipinski definition) is 2. The summed E-state index contributed by atoms with van der Waals surface area (Å²) in [7, 11) is -3.98. The molecule has 3 N–H and O–H groups in total. The van der Waals surface area contributed by atoms with Gasteiger partial charge >= 0.3 is 0 Å². The van der Waals surface area contributed by atoms with Gasteiger partial charge in [-0.3, -0.25) is 9.69 Å². The number of nitrogens with two attached hydrogens (primary N) is 1. The number of rotatable bonds is 14. The van der Waals surface area contributed by atoms with Crippen molar-refractivity contribution in [2.45, 2.75) is 42.4 Å². The van der Waals surface area contributed by atoms with Gasteiger partial charge in [0.25, 0.3) is 5.91 Å². The molecule has 5 aromatic carbocycles. The van der Waals surface area contributed by atoms with Crippen LogP contribution in [-0.2, 0) is 29.4 Å². The highest BCUT2D eigenvalue weighted by atomic mass is 32.2. The second-order valence-electron chi connectivity index (χ2n) is 11.4. The van der Waals surface area contributed by atoms with Gasteiger partial charge in [0.15, 0.2) is 0 Å². The Morgan fingerprint density at radius 2 is 1.49 bits per heavy atom. The number of carbonyl (C=O) groups excluding carboxylic acids is 1. The van der Waals surface area contributed by atoms with E-state index in [4.69, 9.17) is 10.5 Å². The van der Waals surface area contributed by atoms with Gasteiger partial charge < -0.3 is 15.6 Å². The average Bonchev–Trinajstić information content (AvgIpc) is 3.07. The Morgan fingerprint density at radius 1 is 0.830 bits per heavy atom. The maximum atomic E-state index is 13.8. The molecular formula is C38H37FN2O5S. The van der Waals surface area contributed by atoms with Crippen LogP contribution in [0.15, 0.2) is 131 Å². The van der Waals surface area contributed by atoms with E-state index < -0.39 is 27.7 Å². The molecule has 0 saturated carbocycles. The number of sulfone groups is 1. The van der Waals surface area contributed by atoms with E-state index in [2.05, 4.69) is 4.90 Å². The number of aliphatic hydroxyl groups is 1. The summed E-state index contributed by atoms with van der Waals surface area (Å²) in [4.78, 5) is 14.5. The Kier molecular flexibility index (Phi) is 10.8. The number of amides is 1. The van der Waals surface area contributed by atoms with Crippen molar-refractivity contribution in [3.8, 4) is 5.75 Å². The molecular weight excluding hydrogens is 615 g/mol. The summed E-state index contributed by atoms with van der Waals surface area (Å²) in [6.45, 7) is 3.31. The first-order valence-electron chi connectivity index (χ1n) is 15.2. The first-order chi connectivity index (χ1) is 22.6. The second-order valence-corrected chi connectivity index (χ2v) is 13.4. The third kappa shape index (κ3) is 8.71. The highest BCUT2D eigenvalue weighted by molar-refractivity contribution is 7.91. The Balaban J connectivity index is 1.30. The van der Waals surface area contributed by atoms with Crippen molar-refractivity contribution < 1.29 is 27.4 Å². The van der Waals surface area contributed by atoms with E-state index in [9.17, 15) is 22.7 Å². The van der Waals surface area contributed by atoms with Crippen molar-refractivity contribution >= 4 is 15.7 Å². The Morgan fingerprint density at radius 3 is 2.13 bits per heavy atom. The van der Waals surface area contributed by atoms with Gasteiger partial charge in [-0.05, 0) is 77.6 Å². The van der Waals surface area contributed by atoms with Gasteiger partial charge in [0, 0.05) is 19.6 Å². The lowest BCUT2D eigenvalue weighted by atomic mass is 10.1. The van der Waals surface area contributed by atoms with Crippen molar-refractivity contribution in [1.82, 2.24) is 4.90 Å². The van der Waals surface area contributed by atoms with Gasteiger partial charge in [-0.15, -0.1) is 0 Å². The molecule has 0 fully saturated rings. The van der Waals surface area contributed by atoms with Gasteiger partial charge in [-0.1, -0.05) is 84.9 Å². The quantitative estimate of drug-likeness (QED) is 0.143. The zero-order valence-electron chi connectivity index (χ0n) is 26.1. The summed E-state index contributed by atoms with van der Waals surface area (Å²) >= 11 is 0. The Bertz CT molecular complexity index is 1920. The molecule has 9 heteroatoms. The van der Waals surface area contributed by atoms with E-state index in [1.54, 1.807) is 43.3 Å². The molecule has 0 radical (unpaired) electrons. The maximum Gasteiger partial charge on any atom is 0.252 e. The average molecular weight is 653 g/mol. The maximum absolute atomic E-state index is 13.8. The summed E-state index contributed by atoms with van der Waals surface area (Å²) in [5.74, 6) is -0.941. The highest BCUT2D eigenvalue weighted by Crippen LogP contribution is 2.31. The summed E-state index contributed by atoms with van der Waals surface area (Å²) < 4.78 is 47.0. The van der Waals surface area contributed by atoms with Gasteiger partial charge in [0.2, 0.25) is 9.84 Å². The molecule has 0 unspecified atom stereocenters. The molecule has 5 rings (SSSR count). The van der Waals surface area contributed by atoms with Crippen LogP contribution in [0.25, 0.3) is 0 Å². The molecule has 7 nitrogen and oxygen atoms in total. The van der Waals surface area contributed by atoms with Crippen LogP contribution in [-0.4, -0.2) is 37.4 Å². The molecule has 5 aromatic rings. The monoisotopic (exact) mass is 652 g/mol. The highest BCUT2D eigenvalue weighted by Gasteiger charge is 2.23. The number of primary amides is 1. The molecule has 242 valence electrons. The second kappa shape index (κ2) is 15.2. The van der Waals surface area contributed by atoms with Crippen LogP contribution in [0.2, 0.25) is 0 Å². The number of halogens is 1. The fraction of sp³-hybridized carbons (Fsp3) is 0.184. The molecule has 1 atom stereocenters. The summed E-state index contributed by atoms with van der Waals surface area (Å²) in [5.41, 5.74) is 9.49. The lowest BCUT2D eigenvalue weighted by molar-refractivity contribution is 0.0995. The van der Waals surface area contributed by atoms with Crippen LogP contribution in [0.4, 0.5) is 4.39 Å². The molecule has 0 aliphatic carbocycles. The largest absolute Gasteiger partial charge is 0.488 e. The Hall–Kier alpha value is -4.83. The molecule has 0 bridgehead atoms. The van der Waals surface area contributed by atoms with Gasteiger partial charge in [-0.2, -0.15) is 0 Å². The molecule has 0 saturated heterocycles. The zero-order valence-corrected chi connectivity index (χ0v) is 26.9. The summed E-state index contributed by atoms with van der Waals surface area (Å²) in [5, 5.41) is 10.9. The number of carbonyl (C=O) groups is 1. The van der Waals surface area contributed by atoms with E-state index in [0.717, 1.165) is 16.7 Å². The van der Waals surface area contributed by atoms with E-state index in [0.29, 0.717) is 30.6 Å². The van der Waals surface area contributed by atoms with Crippen molar-refractivity contribution in [3.05, 3.63) is 161 Å². The van der Waals surface area contributed by atoms with Crippen LogP contribution in [0.1, 0.15) is 44.3 Å². The fourth-order valence-corrected chi connectivity index (χ4v) is 6.77. The minimum absolute atomic E-state index is 0.00457. The van der Waals surface area contributed by atoms with Crippen LogP contribution in [0.5, 0.6) is 5.75 Å². The predicted octanol–water partition coefficient (Wildman–Crippen LogP) is 6.42. The van der Waals surface area contributed by atoms with E-state index in [1.807, 2.05) is 60.7 Å². The summed E-state index contributed by atoms with van der Waals surface area (Å²) in [6, 6.07) is 34.6. The minimum Gasteiger partial charge on any atom is -0.488 e. The first kappa shape index (κ1) is 33.5. The van der Waals surface area contributed by atoms with Crippen molar-refractivity contribution in [1.29, 1.82) is 0 Å². The smallest absolute Gasteiger partial charge is 0.252 e. The zero-order chi connectivity index (χ0) is 33.4. The summed E-state index contributed by atoms with van der Waals surface area (Å²) in [6.07, 6.45) is -0.299. The lowest BCUT2D eigenvalue weighted by Crippen LogP contribution is -2.30. The lowest BCUT2D eigenvalue weighted by Gasteiger charge is -2.25. The van der Waals surface area contributed by atoms with Crippen molar-refractivity contribution in [3.63, 3.8) is 0 Å². The van der Waals surface area contributed by atoms with Crippen LogP contribution in [0.3, 0.4) is 0 Å². The predicted molar refractivity (Wildman–Crippen MR) is 179 cm³/mol. The van der Waals surface area contributed by atoms with E-state index in [-0.39, 0.29) is 34.3 Å². The number of ether oxygens (including phenoxy) is 1. The van der Waals surface area contributed by atoms with Crippen molar-refractivity contribution in [2.24, 2.45) is 5.73 Å². The SMILES string of the molecule is Cc1cc(S(=O)(=O)c2ccc(CCN(Cc3ccccc3)C[C@H](O)c3cccc(F)c3)cc2)cc(C(N)=O)c1OCc1ccccc1. The number of aryl methyl sites for hydroxylation is 1. The van der Waals surface area contributed by atoms with Gasteiger partial charge in [-0.25, -0.2) is 12.8 Å². The third-order valence-electron chi connectivity index (χ3n) is 7.91. The van der Waals surface area contributed by atoms with Crippen LogP contribution >= 0.6 is 0 Å². The standard InChI is InChI=1S/C38H37FN2O5S/c1-27-21-34(23-35(38(40)43)37(27)46-26-30-11-6-3-7-12-30)47(44,45)33-17-15-28(16-18-33)19-20-41(24-29-9-4-2-5-10-29)25-36(42)31-13-8-14-32(39)22-31/h2-18,21-23,36,42H,19-20,24-26H2,1H3,(H2,40,43)/t36-/m0/s1. The number of benzene rings is 5. The van der Waals surface area contributed by atoms with E-state index >= 15 is 0 Å². The molecule has 0 spiro atoms.